The molecule has 1 aromatic carbocycles. The zero-order chi connectivity index (χ0) is 19.2. The number of aromatic nitrogens is 1. The third-order valence-electron chi connectivity index (χ3n) is 4.03. The van der Waals surface area contributed by atoms with Gasteiger partial charge in [-0.1, -0.05) is 6.07 Å². The van der Waals surface area contributed by atoms with E-state index in [-0.39, 0.29) is 17.0 Å². The number of benzene rings is 1. The molecular formula is C18H24N2O5S. The van der Waals surface area contributed by atoms with E-state index in [9.17, 15) is 13.2 Å². The summed E-state index contributed by atoms with van der Waals surface area (Å²) in [4.78, 5) is 11.9. The number of rotatable bonds is 9. The molecule has 0 fully saturated rings. The summed E-state index contributed by atoms with van der Waals surface area (Å²) in [6.45, 7) is 2.72. The summed E-state index contributed by atoms with van der Waals surface area (Å²) in [5, 5.41) is 0. The second-order valence-electron chi connectivity index (χ2n) is 5.78. The molecule has 0 amide bonds. The monoisotopic (exact) mass is 380 g/mol. The molecule has 7 nitrogen and oxygen atoms in total. The van der Waals surface area contributed by atoms with Crippen LogP contribution < -0.4 is 19.8 Å². The first-order chi connectivity index (χ1) is 12.4. The number of aryl methyl sites for hydroxylation is 1. The second-order valence-corrected chi connectivity index (χ2v) is 7.55. The van der Waals surface area contributed by atoms with E-state index >= 15 is 0 Å². The minimum Gasteiger partial charge on any atom is -0.493 e. The van der Waals surface area contributed by atoms with Crippen LogP contribution in [0.4, 0.5) is 0 Å². The van der Waals surface area contributed by atoms with Gasteiger partial charge in [-0.3, -0.25) is 4.79 Å². The molecule has 2 rings (SSSR count). The Kier molecular flexibility index (Phi) is 6.82. The van der Waals surface area contributed by atoms with E-state index in [0.29, 0.717) is 30.9 Å². The zero-order valence-corrected chi connectivity index (χ0v) is 16.0. The van der Waals surface area contributed by atoms with Crippen molar-refractivity contribution in [3.8, 4) is 11.5 Å². The molecule has 0 bridgehead atoms. The molecule has 0 saturated heterocycles. The maximum absolute atomic E-state index is 12.4. The fourth-order valence-electron chi connectivity index (χ4n) is 2.58. The highest BCUT2D eigenvalue weighted by atomic mass is 32.2. The lowest BCUT2D eigenvalue weighted by molar-refractivity contribution is 0.354. The van der Waals surface area contributed by atoms with Crippen LogP contribution in [0.25, 0.3) is 0 Å². The Hall–Kier alpha value is -2.32. The predicted octanol–water partition coefficient (Wildman–Crippen LogP) is 1.93. The van der Waals surface area contributed by atoms with Crippen LogP contribution in [0, 0.1) is 6.92 Å². The first-order valence-electron chi connectivity index (χ1n) is 8.27. The summed E-state index contributed by atoms with van der Waals surface area (Å²) in [5.74, 6) is 0.824. The fourth-order valence-corrected chi connectivity index (χ4v) is 3.67. The minimum absolute atomic E-state index is 0.0455. The molecule has 0 atom stereocenters. The van der Waals surface area contributed by atoms with Gasteiger partial charge in [-0.05, 0) is 38.0 Å². The van der Waals surface area contributed by atoms with E-state index in [4.69, 9.17) is 9.47 Å². The average Bonchev–Trinajstić information content (AvgIpc) is 2.62. The molecule has 0 aliphatic heterocycles. The first kappa shape index (κ1) is 20.0. The van der Waals surface area contributed by atoms with E-state index in [0.717, 1.165) is 5.69 Å². The number of pyridine rings is 1. The number of nitrogens with one attached hydrogen (secondary N) is 1. The van der Waals surface area contributed by atoms with Gasteiger partial charge in [0, 0.05) is 30.9 Å². The third kappa shape index (κ3) is 4.86. The van der Waals surface area contributed by atoms with Crippen LogP contribution >= 0.6 is 0 Å². The lowest BCUT2D eigenvalue weighted by Crippen LogP contribution is -2.26. The van der Waals surface area contributed by atoms with Crippen LogP contribution in [0.5, 0.6) is 11.5 Å². The number of sulfonamides is 1. The van der Waals surface area contributed by atoms with E-state index in [2.05, 4.69) is 4.72 Å². The number of nitrogens with zero attached hydrogens (tertiary/aromatic N) is 1. The van der Waals surface area contributed by atoms with E-state index in [1.165, 1.54) is 32.4 Å². The van der Waals surface area contributed by atoms with Gasteiger partial charge in [0.15, 0.2) is 11.5 Å². The molecule has 26 heavy (non-hydrogen) atoms. The van der Waals surface area contributed by atoms with Gasteiger partial charge in [0.25, 0.3) is 5.56 Å². The van der Waals surface area contributed by atoms with Crippen LogP contribution in [-0.4, -0.2) is 33.7 Å². The SMILES string of the molecule is COc1ccc(S(=O)(=O)NCCCCn2c(C)cccc2=O)cc1OC. The highest BCUT2D eigenvalue weighted by Gasteiger charge is 2.16. The molecule has 0 saturated carbocycles. The van der Waals surface area contributed by atoms with Gasteiger partial charge in [-0.15, -0.1) is 0 Å². The summed E-state index contributed by atoms with van der Waals surface area (Å²) < 4.78 is 39.3. The number of ether oxygens (including phenoxy) is 2. The van der Waals surface area contributed by atoms with Crippen LogP contribution in [0.3, 0.4) is 0 Å². The molecule has 1 N–H and O–H groups in total. The van der Waals surface area contributed by atoms with Crippen molar-refractivity contribution in [1.82, 2.24) is 9.29 Å². The number of methoxy groups -OCH3 is 2. The van der Waals surface area contributed by atoms with Crippen molar-refractivity contribution < 1.29 is 17.9 Å². The Morgan fingerprint density at radius 3 is 2.42 bits per heavy atom. The summed E-state index contributed by atoms with van der Waals surface area (Å²) in [7, 11) is -0.690. The maximum Gasteiger partial charge on any atom is 0.250 e. The van der Waals surface area contributed by atoms with Gasteiger partial charge in [-0.25, -0.2) is 13.1 Å². The molecule has 0 spiro atoms. The quantitative estimate of drug-likeness (QED) is 0.672. The van der Waals surface area contributed by atoms with Gasteiger partial charge in [-0.2, -0.15) is 0 Å². The largest absolute Gasteiger partial charge is 0.493 e. The van der Waals surface area contributed by atoms with Crippen molar-refractivity contribution in [2.75, 3.05) is 20.8 Å². The molecule has 0 radical (unpaired) electrons. The van der Waals surface area contributed by atoms with Crippen molar-refractivity contribution in [2.45, 2.75) is 31.2 Å². The summed E-state index contributed by atoms with van der Waals surface area (Å²) in [5.41, 5.74) is 0.847. The Labute approximate surface area is 153 Å². The molecular weight excluding hydrogens is 356 g/mol. The second kappa shape index (κ2) is 8.86. The predicted molar refractivity (Wildman–Crippen MR) is 99.4 cm³/mol. The van der Waals surface area contributed by atoms with Gasteiger partial charge in [0.05, 0.1) is 19.1 Å². The Bertz CT molecular complexity index is 906. The number of hydrogen-bond donors (Lipinski definition) is 1. The highest BCUT2D eigenvalue weighted by molar-refractivity contribution is 7.89. The van der Waals surface area contributed by atoms with Crippen molar-refractivity contribution in [3.05, 3.63) is 52.4 Å². The summed E-state index contributed by atoms with van der Waals surface area (Å²) >= 11 is 0. The lowest BCUT2D eigenvalue weighted by Gasteiger charge is -2.11. The standard InChI is InChI=1S/C18H24N2O5S/c1-14-7-6-8-18(21)20(14)12-5-4-11-19-26(22,23)15-9-10-16(24-2)17(13-15)25-3/h6-10,13,19H,4-5,11-12H2,1-3H3. The minimum atomic E-state index is -3.63. The van der Waals surface area contributed by atoms with E-state index in [1.807, 2.05) is 13.0 Å². The lowest BCUT2D eigenvalue weighted by atomic mass is 10.3. The first-order valence-corrected chi connectivity index (χ1v) is 9.75. The van der Waals surface area contributed by atoms with Gasteiger partial charge < -0.3 is 14.0 Å². The summed E-state index contributed by atoms with van der Waals surface area (Å²) in [6, 6.07) is 9.57. The van der Waals surface area contributed by atoms with Crippen LogP contribution in [-0.2, 0) is 16.6 Å². The molecule has 0 aliphatic carbocycles. The molecule has 8 heteroatoms. The normalized spacial score (nSPS) is 11.3. The van der Waals surface area contributed by atoms with Crippen molar-refractivity contribution >= 4 is 10.0 Å². The molecule has 2 aromatic rings. The fraction of sp³-hybridized carbons (Fsp3) is 0.389. The van der Waals surface area contributed by atoms with Gasteiger partial charge in [0.2, 0.25) is 10.0 Å². The molecule has 1 heterocycles. The van der Waals surface area contributed by atoms with Crippen molar-refractivity contribution in [2.24, 2.45) is 0 Å². The van der Waals surface area contributed by atoms with Gasteiger partial charge >= 0.3 is 0 Å². The third-order valence-corrected chi connectivity index (χ3v) is 5.49. The van der Waals surface area contributed by atoms with E-state index < -0.39 is 10.0 Å². The molecule has 1 aromatic heterocycles. The Morgan fingerprint density at radius 2 is 1.77 bits per heavy atom. The maximum atomic E-state index is 12.4. The Morgan fingerprint density at radius 1 is 1.04 bits per heavy atom. The Balaban J connectivity index is 1.91. The van der Waals surface area contributed by atoms with Gasteiger partial charge in [0.1, 0.15) is 0 Å². The van der Waals surface area contributed by atoms with Crippen molar-refractivity contribution in [1.29, 1.82) is 0 Å². The average molecular weight is 380 g/mol. The van der Waals surface area contributed by atoms with Crippen LogP contribution in [0.2, 0.25) is 0 Å². The topological polar surface area (TPSA) is 86.6 Å². The molecule has 0 unspecified atom stereocenters. The van der Waals surface area contributed by atoms with Crippen LogP contribution in [0.1, 0.15) is 18.5 Å². The van der Waals surface area contributed by atoms with Crippen LogP contribution in [0.15, 0.2) is 46.1 Å². The smallest absolute Gasteiger partial charge is 0.250 e. The summed E-state index contributed by atoms with van der Waals surface area (Å²) in [6.07, 6.45) is 1.31. The molecule has 142 valence electrons. The number of unbranched alkanes of at least 4 members (excludes halogenated alkanes) is 1. The number of hydrogen-bond acceptors (Lipinski definition) is 5. The van der Waals surface area contributed by atoms with Crippen molar-refractivity contribution in [3.63, 3.8) is 0 Å². The van der Waals surface area contributed by atoms with E-state index in [1.54, 1.807) is 16.7 Å². The zero-order valence-electron chi connectivity index (χ0n) is 15.2. The molecule has 0 aliphatic rings. The highest BCUT2D eigenvalue weighted by Crippen LogP contribution is 2.29.